The van der Waals surface area contributed by atoms with Crippen LogP contribution in [0.15, 0.2) is 36.4 Å². The predicted molar refractivity (Wildman–Crippen MR) is 88.7 cm³/mol. The summed E-state index contributed by atoms with van der Waals surface area (Å²) in [5.74, 6) is 1.63. The molecule has 0 aromatic heterocycles. The molecule has 1 rings (SSSR count). The van der Waals surface area contributed by atoms with Crippen molar-refractivity contribution in [2.45, 2.75) is 33.7 Å². The van der Waals surface area contributed by atoms with Crippen LogP contribution in [0.2, 0.25) is 0 Å². The van der Waals surface area contributed by atoms with Crippen molar-refractivity contribution in [3.05, 3.63) is 42.0 Å². The third kappa shape index (κ3) is 9.27. The van der Waals surface area contributed by atoms with Crippen LogP contribution in [-0.4, -0.2) is 26.4 Å². The Hall–Kier alpha value is -1.32. The molecule has 0 fully saturated rings. The van der Waals surface area contributed by atoms with Gasteiger partial charge in [-0.3, -0.25) is 0 Å². The second-order valence-corrected chi connectivity index (χ2v) is 5.86. The fraction of sp³-hybridized carbons (Fsp3) is 0.556. The van der Waals surface area contributed by atoms with Crippen molar-refractivity contribution in [1.29, 1.82) is 0 Å². The van der Waals surface area contributed by atoms with E-state index in [2.05, 4.69) is 37.9 Å². The lowest BCUT2D eigenvalue weighted by molar-refractivity contribution is 0.158. The minimum Gasteiger partial charge on any atom is -0.494 e. The first-order valence-corrected chi connectivity index (χ1v) is 7.72. The Morgan fingerprint density at radius 2 is 1.90 bits per heavy atom. The van der Waals surface area contributed by atoms with Crippen molar-refractivity contribution in [2.75, 3.05) is 26.4 Å². The second-order valence-electron chi connectivity index (χ2n) is 5.86. The molecule has 0 aliphatic carbocycles. The highest BCUT2D eigenvalue weighted by molar-refractivity contribution is 5.27. The quantitative estimate of drug-likeness (QED) is 0.497. The molecule has 0 saturated heterocycles. The lowest BCUT2D eigenvalue weighted by atomic mass is 10.1. The molecule has 21 heavy (non-hydrogen) atoms. The van der Waals surface area contributed by atoms with Crippen LogP contribution in [0.4, 0.5) is 0 Å². The minimum atomic E-state index is 0.643. The van der Waals surface area contributed by atoms with E-state index in [1.165, 1.54) is 5.56 Å². The number of rotatable bonds is 11. The second kappa shape index (κ2) is 10.4. The van der Waals surface area contributed by atoms with Crippen LogP contribution >= 0.6 is 0 Å². The molecule has 1 aromatic carbocycles. The summed E-state index contributed by atoms with van der Waals surface area (Å²) >= 11 is 0. The summed E-state index contributed by atoms with van der Waals surface area (Å²) in [7, 11) is 0. The van der Waals surface area contributed by atoms with E-state index < -0.39 is 0 Å². The summed E-state index contributed by atoms with van der Waals surface area (Å²) in [6.07, 6.45) is 1.09. The highest BCUT2D eigenvalue weighted by atomic mass is 16.5. The highest BCUT2D eigenvalue weighted by Gasteiger charge is 1.98. The molecule has 0 unspecified atom stereocenters. The Kier molecular flexibility index (Phi) is 8.79. The van der Waals surface area contributed by atoms with Crippen molar-refractivity contribution in [3.63, 3.8) is 0 Å². The van der Waals surface area contributed by atoms with Crippen molar-refractivity contribution in [3.8, 4) is 5.75 Å². The molecule has 0 bridgehead atoms. The van der Waals surface area contributed by atoms with Gasteiger partial charge in [0.05, 0.1) is 19.8 Å². The molecule has 0 aliphatic heterocycles. The highest BCUT2D eigenvalue weighted by Crippen LogP contribution is 2.13. The van der Waals surface area contributed by atoms with Gasteiger partial charge in [0.15, 0.2) is 0 Å². The lowest BCUT2D eigenvalue weighted by Crippen LogP contribution is -2.19. The fourth-order valence-electron chi connectivity index (χ4n) is 1.74. The first kappa shape index (κ1) is 17.7. The molecule has 0 aliphatic rings. The molecule has 1 N–H and O–H groups in total. The molecule has 0 spiro atoms. The number of hydrogen-bond donors (Lipinski definition) is 1. The molecule has 0 saturated carbocycles. The van der Waals surface area contributed by atoms with Gasteiger partial charge in [0.2, 0.25) is 0 Å². The monoisotopic (exact) mass is 291 g/mol. The van der Waals surface area contributed by atoms with E-state index in [4.69, 9.17) is 9.47 Å². The zero-order valence-electron chi connectivity index (χ0n) is 13.7. The van der Waals surface area contributed by atoms with Gasteiger partial charge in [-0.05, 0) is 37.0 Å². The Balaban J connectivity index is 2.14. The van der Waals surface area contributed by atoms with E-state index in [1.807, 2.05) is 19.1 Å². The van der Waals surface area contributed by atoms with Gasteiger partial charge in [0, 0.05) is 13.1 Å². The fourth-order valence-corrected chi connectivity index (χ4v) is 1.74. The molecule has 0 atom stereocenters. The van der Waals surface area contributed by atoms with Gasteiger partial charge in [0.1, 0.15) is 5.75 Å². The van der Waals surface area contributed by atoms with Crippen LogP contribution in [0.25, 0.3) is 0 Å². The molecule has 0 amide bonds. The summed E-state index contributed by atoms with van der Waals surface area (Å²) in [4.78, 5) is 0. The first-order chi connectivity index (χ1) is 10.1. The molecular formula is C18H29NO2. The summed E-state index contributed by atoms with van der Waals surface area (Å²) in [5.41, 5.74) is 2.31. The predicted octanol–water partition coefficient (Wildman–Crippen LogP) is 3.79. The van der Waals surface area contributed by atoms with Gasteiger partial charge in [-0.2, -0.15) is 0 Å². The molecule has 3 nitrogen and oxygen atoms in total. The smallest absolute Gasteiger partial charge is 0.119 e. The average molecular weight is 291 g/mol. The van der Waals surface area contributed by atoms with Crippen molar-refractivity contribution in [1.82, 2.24) is 5.32 Å². The molecule has 0 radical (unpaired) electrons. The first-order valence-electron chi connectivity index (χ1n) is 7.72. The van der Waals surface area contributed by atoms with Gasteiger partial charge >= 0.3 is 0 Å². The SMILES string of the molecule is C=C(C)COCCNCc1ccc(OCCC(C)C)cc1. The number of ether oxygens (including phenoxy) is 2. The minimum absolute atomic E-state index is 0.643. The van der Waals surface area contributed by atoms with E-state index in [-0.39, 0.29) is 0 Å². The Morgan fingerprint density at radius 3 is 2.52 bits per heavy atom. The van der Waals surface area contributed by atoms with Crippen LogP contribution in [-0.2, 0) is 11.3 Å². The van der Waals surface area contributed by atoms with E-state index >= 15 is 0 Å². The lowest BCUT2D eigenvalue weighted by Gasteiger charge is -2.09. The van der Waals surface area contributed by atoms with Crippen molar-refractivity contribution >= 4 is 0 Å². The molecule has 1 aromatic rings. The van der Waals surface area contributed by atoms with Crippen LogP contribution in [0.1, 0.15) is 32.8 Å². The van der Waals surface area contributed by atoms with E-state index in [0.717, 1.165) is 37.4 Å². The maximum absolute atomic E-state index is 5.70. The van der Waals surface area contributed by atoms with Gasteiger partial charge < -0.3 is 14.8 Å². The van der Waals surface area contributed by atoms with Crippen LogP contribution in [0, 0.1) is 5.92 Å². The third-order valence-electron chi connectivity index (χ3n) is 2.99. The summed E-state index contributed by atoms with van der Waals surface area (Å²) in [6.45, 7) is 14.0. The van der Waals surface area contributed by atoms with Crippen molar-refractivity contribution < 1.29 is 9.47 Å². The van der Waals surface area contributed by atoms with Crippen LogP contribution in [0.5, 0.6) is 5.75 Å². The average Bonchev–Trinajstić information content (AvgIpc) is 2.43. The van der Waals surface area contributed by atoms with E-state index in [9.17, 15) is 0 Å². The summed E-state index contributed by atoms with van der Waals surface area (Å²) < 4.78 is 11.1. The van der Waals surface area contributed by atoms with Crippen molar-refractivity contribution in [2.24, 2.45) is 5.92 Å². The molecule has 0 heterocycles. The van der Waals surface area contributed by atoms with Gasteiger partial charge in [0.25, 0.3) is 0 Å². The molecule has 3 heteroatoms. The van der Waals surface area contributed by atoms with E-state index in [0.29, 0.717) is 19.1 Å². The zero-order chi connectivity index (χ0) is 15.5. The maximum atomic E-state index is 5.70. The Morgan fingerprint density at radius 1 is 1.19 bits per heavy atom. The number of benzene rings is 1. The van der Waals surface area contributed by atoms with E-state index in [1.54, 1.807) is 0 Å². The topological polar surface area (TPSA) is 30.5 Å². The zero-order valence-corrected chi connectivity index (χ0v) is 13.7. The normalized spacial score (nSPS) is 10.9. The maximum Gasteiger partial charge on any atom is 0.119 e. The standard InChI is InChI=1S/C18H29NO2/c1-15(2)9-11-21-18-7-5-17(6-8-18)13-19-10-12-20-14-16(3)4/h5-8,15,19H,3,9-14H2,1-2,4H3. The van der Waals surface area contributed by atoms with Crippen LogP contribution in [0.3, 0.4) is 0 Å². The Labute approximate surface area is 129 Å². The Bertz CT molecular complexity index is 398. The van der Waals surface area contributed by atoms with Crippen LogP contribution < -0.4 is 10.1 Å². The summed E-state index contributed by atoms with van der Waals surface area (Å²) in [5, 5.41) is 3.36. The number of hydrogen-bond acceptors (Lipinski definition) is 3. The van der Waals surface area contributed by atoms with Gasteiger partial charge in [-0.1, -0.05) is 38.1 Å². The van der Waals surface area contributed by atoms with Gasteiger partial charge in [-0.15, -0.1) is 0 Å². The third-order valence-corrected chi connectivity index (χ3v) is 2.99. The molecular weight excluding hydrogens is 262 g/mol. The number of nitrogens with one attached hydrogen (secondary N) is 1. The molecule has 118 valence electrons. The van der Waals surface area contributed by atoms with Gasteiger partial charge in [-0.25, -0.2) is 0 Å². The summed E-state index contributed by atoms with van der Waals surface area (Å²) in [6, 6.07) is 8.28. The largest absolute Gasteiger partial charge is 0.494 e.